The number of carbonyl (C=O) groups excluding carboxylic acids is 1. The van der Waals surface area contributed by atoms with Crippen LogP contribution in [0.4, 0.5) is 11.5 Å². The molecule has 1 aromatic heterocycles. The number of rotatable bonds is 2. The van der Waals surface area contributed by atoms with E-state index in [9.17, 15) is 4.79 Å². The minimum absolute atomic E-state index is 0.149. The van der Waals surface area contributed by atoms with E-state index in [0.717, 1.165) is 0 Å². The van der Waals surface area contributed by atoms with Crippen molar-refractivity contribution in [3.05, 3.63) is 50.5 Å². The molecular weight excluding hydrogens is 388 g/mol. The zero-order valence-electron chi connectivity index (χ0n) is 10.0. The standard InChI is InChI=1S/C13H8Br2N4O/c14-8-4-9(12(17)18-6-8)13(20)19-11-2-1-7(5-16)3-10(11)15/h1-4,6H,(H2,17,18)(H,19,20). The average Bonchev–Trinajstić information content (AvgIpc) is 2.43. The number of carbonyl (C=O) groups is 1. The first kappa shape index (κ1) is 14.5. The summed E-state index contributed by atoms with van der Waals surface area (Å²) in [5, 5.41) is 11.5. The Balaban J connectivity index is 2.28. The van der Waals surface area contributed by atoms with Crippen molar-refractivity contribution in [1.29, 1.82) is 5.26 Å². The molecule has 0 saturated carbocycles. The van der Waals surface area contributed by atoms with Crippen molar-refractivity contribution < 1.29 is 4.79 Å². The van der Waals surface area contributed by atoms with Gasteiger partial charge in [0.25, 0.3) is 5.91 Å². The van der Waals surface area contributed by atoms with Gasteiger partial charge in [0.05, 0.1) is 22.9 Å². The van der Waals surface area contributed by atoms with Gasteiger partial charge in [-0.3, -0.25) is 4.79 Å². The number of nitrogens with one attached hydrogen (secondary N) is 1. The number of hydrogen-bond donors (Lipinski definition) is 2. The number of anilines is 2. The summed E-state index contributed by atoms with van der Waals surface area (Å²) in [4.78, 5) is 16.1. The number of nitrogen functional groups attached to an aromatic ring is 1. The van der Waals surface area contributed by atoms with E-state index < -0.39 is 0 Å². The minimum Gasteiger partial charge on any atom is -0.383 e. The van der Waals surface area contributed by atoms with Gasteiger partial charge in [0.15, 0.2) is 0 Å². The molecule has 0 aliphatic rings. The lowest BCUT2D eigenvalue weighted by Crippen LogP contribution is -2.15. The lowest BCUT2D eigenvalue weighted by molar-refractivity contribution is 0.102. The normalized spacial score (nSPS) is 9.85. The lowest BCUT2D eigenvalue weighted by Gasteiger charge is -2.09. The van der Waals surface area contributed by atoms with Crippen LogP contribution in [0.3, 0.4) is 0 Å². The van der Waals surface area contributed by atoms with Gasteiger partial charge in [0.1, 0.15) is 5.82 Å². The van der Waals surface area contributed by atoms with Crippen LogP contribution < -0.4 is 11.1 Å². The third-order valence-electron chi connectivity index (χ3n) is 2.48. The van der Waals surface area contributed by atoms with Crippen molar-refractivity contribution in [1.82, 2.24) is 4.98 Å². The second-order valence-electron chi connectivity index (χ2n) is 3.85. The third kappa shape index (κ3) is 3.15. The van der Waals surface area contributed by atoms with Crippen LogP contribution in [-0.2, 0) is 0 Å². The molecular formula is C13H8Br2N4O. The minimum atomic E-state index is -0.373. The topological polar surface area (TPSA) is 91.8 Å². The molecule has 1 heterocycles. The first-order valence-corrected chi connectivity index (χ1v) is 7.02. The van der Waals surface area contributed by atoms with E-state index in [0.29, 0.717) is 20.2 Å². The quantitative estimate of drug-likeness (QED) is 0.815. The molecule has 3 N–H and O–H groups in total. The summed E-state index contributed by atoms with van der Waals surface area (Å²) in [6, 6.07) is 8.49. The van der Waals surface area contributed by atoms with Gasteiger partial charge in [0.2, 0.25) is 0 Å². The van der Waals surface area contributed by atoms with E-state index in [1.54, 1.807) is 24.3 Å². The van der Waals surface area contributed by atoms with Gasteiger partial charge in [0, 0.05) is 15.1 Å². The van der Waals surface area contributed by atoms with Crippen LogP contribution >= 0.6 is 31.9 Å². The summed E-state index contributed by atoms with van der Waals surface area (Å²) in [5.74, 6) is -0.225. The number of halogens is 2. The highest BCUT2D eigenvalue weighted by Gasteiger charge is 2.13. The molecule has 2 aromatic rings. The van der Waals surface area contributed by atoms with Crippen LogP contribution in [-0.4, -0.2) is 10.9 Å². The SMILES string of the molecule is N#Cc1ccc(NC(=O)c2cc(Br)cnc2N)c(Br)c1. The van der Waals surface area contributed by atoms with Crippen molar-refractivity contribution in [2.24, 2.45) is 0 Å². The van der Waals surface area contributed by atoms with Gasteiger partial charge in [-0.15, -0.1) is 0 Å². The van der Waals surface area contributed by atoms with Gasteiger partial charge in [-0.25, -0.2) is 4.98 Å². The molecule has 0 radical (unpaired) electrons. The van der Waals surface area contributed by atoms with E-state index in [1.165, 1.54) is 6.20 Å². The molecule has 0 saturated heterocycles. The third-order valence-corrected chi connectivity index (χ3v) is 3.57. The van der Waals surface area contributed by atoms with Crippen molar-refractivity contribution >= 4 is 49.3 Å². The molecule has 0 aliphatic heterocycles. The fraction of sp³-hybridized carbons (Fsp3) is 0. The van der Waals surface area contributed by atoms with E-state index in [-0.39, 0.29) is 17.3 Å². The number of aromatic nitrogens is 1. The zero-order chi connectivity index (χ0) is 14.7. The van der Waals surface area contributed by atoms with E-state index >= 15 is 0 Å². The van der Waals surface area contributed by atoms with Gasteiger partial charge in [-0.05, 0) is 56.1 Å². The van der Waals surface area contributed by atoms with Crippen LogP contribution in [0.2, 0.25) is 0 Å². The molecule has 5 nitrogen and oxygen atoms in total. The number of hydrogen-bond acceptors (Lipinski definition) is 4. The summed E-state index contributed by atoms with van der Waals surface area (Å²) in [6.07, 6.45) is 1.52. The maximum absolute atomic E-state index is 12.2. The number of amides is 1. The molecule has 2 rings (SSSR count). The van der Waals surface area contributed by atoms with Crippen LogP contribution in [0.1, 0.15) is 15.9 Å². The Hall–Kier alpha value is -1.91. The molecule has 0 aliphatic carbocycles. The molecule has 0 unspecified atom stereocenters. The van der Waals surface area contributed by atoms with Crippen molar-refractivity contribution in [3.8, 4) is 6.07 Å². The Kier molecular flexibility index (Phi) is 4.37. The van der Waals surface area contributed by atoms with Crippen LogP contribution in [0.15, 0.2) is 39.4 Å². The van der Waals surface area contributed by atoms with Crippen LogP contribution in [0.5, 0.6) is 0 Å². The second-order valence-corrected chi connectivity index (χ2v) is 5.62. The molecule has 0 bridgehead atoms. The Bertz CT molecular complexity index is 725. The van der Waals surface area contributed by atoms with Gasteiger partial charge >= 0.3 is 0 Å². The molecule has 0 fully saturated rings. The first-order chi connectivity index (χ1) is 9.51. The smallest absolute Gasteiger partial charge is 0.259 e. The van der Waals surface area contributed by atoms with Crippen molar-refractivity contribution in [2.75, 3.05) is 11.1 Å². The van der Waals surface area contributed by atoms with E-state index in [4.69, 9.17) is 11.0 Å². The summed E-state index contributed by atoms with van der Waals surface area (Å²) < 4.78 is 1.28. The molecule has 1 aromatic carbocycles. The maximum Gasteiger partial charge on any atom is 0.259 e. The predicted octanol–water partition coefficient (Wildman–Crippen LogP) is 3.31. The van der Waals surface area contributed by atoms with Crippen molar-refractivity contribution in [3.63, 3.8) is 0 Å². The molecule has 20 heavy (non-hydrogen) atoms. The summed E-state index contributed by atoms with van der Waals surface area (Å²) in [5.41, 5.74) is 7.00. The monoisotopic (exact) mass is 394 g/mol. The highest BCUT2D eigenvalue weighted by molar-refractivity contribution is 9.10. The molecule has 0 atom stereocenters. The molecule has 7 heteroatoms. The first-order valence-electron chi connectivity index (χ1n) is 5.43. The number of nitrogens with two attached hydrogens (primary N) is 1. The van der Waals surface area contributed by atoms with Crippen LogP contribution in [0.25, 0.3) is 0 Å². The zero-order valence-corrected chi connectivity index (χ0v) is 13.2. The fourth-order valence-electron chi connectivity index (χ4n) is 1.51. The maximum atomic E-state index is 12.2. The summed E-state index contributed by atoms with van der Waals surface area (Å²) in [7, 11) is 0. The highest BCUT2D eigenvalue weighted by atomic mass is 79.9. The number of nitrogens with zero attached hydrogens (tertiary/aromatic N) is 2. The Morgan fingerprint density at radius 3 is 2.75 bits per heavy atom. The second kappa shape index (κ2) is 6.03. The number of pyridine rings is 1. The lowest BCUT2D eigenvalue weighted by atomic mass is 10.2. The predicted molar refractivity (Wildman–Crippen MR) is 83.2 cm³/mol. The number of nitriles is 1. The Morgan fingerprint density at radius 2 is 2.10 bits per heavy atom. The van der Waals surface area contributed by atoms with Gasteiger partial charge < -0.3 is 11.1 Å². The highest BCUT2D eigenvalue weighted by Crippen LogP contribution is 2.25. The average molecular weight is 396 g/mol. The van der Waals surface area contributed by atoms with Crippen LogP contribution in [0, 0.1) is 11.3 Å². The van der Waals surface area contributed by atoms with Crippen molar-refractivity contribution in [2.45, 2.75) is 0 Å². The van der Waals surface area contributed by atoms with E-state index in [1.807, 2.05) is 6.07 Å². The Morgan fingerprint density at radius 1 is 1.35 bits per heavy atom. The molecule has 1 amide bonds. The van der Waals surface area contributed by atoms with Gasteiger partial charge in [-0.1, -0.05) is 0 Å². The number of benzene rings is 1. The molecule has 0 spiro atoms. The Labute approximate surface area is 132 Å². The van der Waals surface area contributed by atoms with Gasteiger partial charge in [-0.2, -0.15) is 5.26 Å². The largest absolute Gasteiger partial charge is 0.383 e. The summed E-state index contributed by atoms with van der Waals surface area (Å²) >= 11 is 6.54. The molecule has 100 valence electrons. The summed E-state index contributed by atoms with van der Waals surface area (Å²) in [6.45, 7) is 0. The fourth-order valence-corrected chi connectivity index (χ4v) is 2.32. The van der Waals surface area contributed by atoms with E-state index in [2.05, 4.69) is 42.2 Å².